The van der Waals surface area contributed by atoms with E-state index < -0.39 is 97.5 Å². The number of unbranched alkanes of at least 4 members (excludes halogenated alkanes) is 38. The number of ether oxygens (including phenoxy) is 4. The first-order valence-corrected chi connectivity index (χ1v) is 39.0. The van der Waals surface area contributed by atoms with Gasteiger partial charge in [-0.25, -0.2) is 9.13 Å². The summed E-state index contributed by atoms with van der Waals surface area (Å²) >= 11 is 0. The predicted octanol–water partition coefficient (Wildman–Crippen LogP) is 19.6. The molecule has 0 rings (SSSR count). The summed E-state index contributed by atoms with van der Waals surface area (Å²) in [6, 6.07) is 0. The van der Waals surface area contributed by atoms with Crippen LogP contribution in [0.25, 0.3) is 0 Å². The highest BCUT2D eigenvalue weighted by Gasteiger charge is 2.30. The predicted molar refractivity (Wildman–Crippen MR) is 354 cm³/mol. The van der Waals surface area contributed by atoms with Crippen molar-refractivity contribution in [2.75, 3.05) is 39.6 Å². The van der Waals surface area contributed by atoms with Gasteiger partial charge in [-0.15, -0.1) is 0 Å². The molecule has 0 aliphatic rings. The average Bonchev–Trinajstić information content (AvgIpc) is 3.58. The summed E-state index contributed by atoms with van der Waals surface area (Å²) < 4.78 is 68.1. The minimum Gasteiger partial charge on any atom is -0.462 e. The zero-order chi connectivity index (χ0) is 65.0. The molecule has 0 aromatic carbocycles. The van der Waals surface area contributed by atoms with Gasteiger partial charge in [-0.1, -0.05) is 298 Å². The summed E-state index contributed by atoms with van der Waals surface area (Å²) in [6.07, 6.45) is 46.2. The number of phosphoric acid groups is 2. The molecule has 88 heavy (non-hydrogen) atoms. The molecule has 0 aliphatic heterocycles. The van der Waals surface area contributed by atoms with Crippen LogP contribution in [-0.2, 0) is 65.4 Å². The van der Waals surface area contributed by atoms with E-state index in [9.17, 15) is 43.2 Å². The largest absolute Gasteiger partial charge is 0.472 e. The van der Waals surface area contributed by atoms with Crippen molar-refractivity contribution >= 4 is 39.5 Å². The third-order valence-electron chi connectivity index (χ3n) is 16.0. The van der Waals surface area contributed by atoms with Gasteiger partial charge >= 0.3 is 39.5 Å². The third-order valence-corrected chi connectivity index (χ3v) is 17.9. The second-order valence-electron chi connectivity index (χ2n) is 25.9. The average molecular weight is 1300 g/mol. The molecular weight excluding hydrogens is 1160 g/mol. The lowest BCUT2D eigenvalue weighted by Gasteiger charge is -2.21. The Kier molecular flexibility index (Phi) is 59.9. The number of rotatable bonds is 68. The monoisotopic (exact) mass is 1300 g/mol. The number of hydrogen-bond acceptors (Lipinski definition) is 15. The molecule has 0 saturated heterocycles. The molecule has 0 spiro atoms. The fourth-order valence-electron chi connectivity index (χ4n) is 10.4. The molecule has 17 nitrogen and oxygen atoms in total. The van der Waals surface area contributed by atoms with Crippen molar-refractivity contribution in [1.29, 1.82) is 0 Å². The molecule has 0 amide bonds. The van der Waals surface area contributed by atoms with Crippen LogP contribution in [0.4, 0.5) is 0 Å². The Morgan fingerprint density at radius 3 is 0.773 bits per heavy atom. The fourth-order valence-corrected chi connectivity index (χ4v) is 12.0. The molecular formula is C69H134O17P2. The zero-order valence-electron chi connectivity index (χ0n) is 57.0. The molecule has 5 atom stereocenters. The first-order chi connectivity index (χ1) is 42.4. The van der Waals surface area contributed by atoms with Crippen LogP contribution in [0.2, 0.25) is 0 Å². The van der Waals surface area contributed by atoms with E-state index in [1.54, 1.807) is 0 Å². The molecule has 0 aliphatic carbocycles. The Hall–Kier alpha value is -1.94. The molecule has 3 N–H and O–H groups in total. The van der Waals surface area contributed by atoms with Gasteiger partial charge in [0, 0.05) is 25.7 Å². The van der Waals surface area contributed by atoms with Crippen LogP contribution in [0.3, 0.4) is 0 Å². The van der Waals surface area contributed by atoms with Crippen molar-refractivity contribution in [2.24, 2.45) is 11.8 Å². The van der Waals surface area contributed by atoms with E-state index >= 15 is 0 Å². The molecule has 0 aromatic rings. The Balaban J connectivity index is 5.20. The Morgan fingerprint density at radius 1 is 0.307 bits per heavy atom. The van der Waals surface area contributed by atoms with E-state index in [4.69, 9.17) is 37.0 Å². The van der Waals surface area contributed by atoms with Gasteiger partial charge in [0.05, 0.1) is 26.4 Å². The number of aliphatic hydroxyl groups excluding tert-OH is 1. The summed E-state index contributed by atoms with van der Waals surface area (Å²) in [7, 11) is -9.89. The summed E-state index contributed by atoms with van der Waals surface area (Å²) in [5, 5.41) is 10.6. The molecule has 522 valence electrons. The van der Waals surface area contributed by atoms with Gasteiger partial charge in [0.2, 0.25) is 0 Å². The Bertz CT molecular complexity index is 1720. The summed E-state index contributed by atoms with van der Waals surface area (Å²) in [5.41, 5.74) is 0. The van der Waals surface area contributed by atoms with Crippen molar-refractivity contribution in [3.63, 3.8) is 0 Å². The van der Waals surface area contributed by atoms with Crippen LogP contribution in [-0.4, -0.2) is 96.7 Å². The van der Waals surface area contributed by atoms with Gasteiger partial charge < -0.3 is 33.8 Å². The van der Waals surface area contributed by atoms with Crippen LogP contribution < -0.4 is 0 Å². The highest BCUT2D eigenvalue weighted by molar-refractivity contribution is 7.47. The first-order valence-electron chi connectivity index (χ1n) is 36.0. The number of aliphatic hydroxyl groups is 1. The van der Waals surface area contributed by atoms with Gasteiger partial charge in [-0.2, -0.15) is 0 Å². The molecule has 0 bridgehead atoms. The summed E-state index contributed by atoms with van der Waals surface area (Å²) in [4.78, 5) is 72.4. The second-order valence-corrected chi connectivity index (χ2v) is 28.8. The normalized spacial score (nSPS) is 14.2. The molecule has 0 heterocycles. The van der Waals surface area contributed by atoms with Crippen LogP contribution in [0.5, 0.6) is 0 Å². The summed E-state index contributed by atoms with van der Waals surface area (Å²) in [6.45, 7) is 9.36. The van der Waals surface area contributed by atoms with Crippen molar-refractivity contribution < 1.29 is 80.2 Å². The van der Waals surface area contributed by atoms with Gasteiger partial charge in [-0.3, -0.25) is 37.3 Å². The smallest absolute Gasteiger partial charge is 0.462 e. The quantitative estimate of drug-likeness (QED) is 0.0222. The lowest BCUT2D eigenvalue weighted by molar-refractivity contribution is -0.161. The van der Waals surface area contributed by atoms with Gasteiger partial charge in [0.15, 0.2) is 12.2 Å². The van der Waals surface area contributed by atoms with Crippen molar-refractivity contribution in [2.45, 2.75) is 368 Å². The van der Waals surface area contributed by atoms with Crippen LogP contribution >= 0.6 is 15.6 Å². The molecule has 19 heteroatoms. The topological polar surface area (TPSA) is 237 Å². The zero-order valence-corrected chi connectivity index (χ0v) is 58.8. The molecule has 0 radical (unpaired) electrons. The maximum Gasteiger partial charge on any atom is 0.472 e. The number of phosphoric ester groups is 2. The van der Waals surface area contributed by atoms with Gasteiger partial charge in [0.1, 0.15) is 19.3 Å². The first kappa shape index (κ1) is 86.1. The van der Waals surface area contributed by atoms with E-state index in [2.05, 4.69) is 41.5 Å². The number of carbonyl (C=O) groups excluding carboxylic acids is 4. The SMILES string of the molecule is CCCCCCCCCCCCCCCCCCCCC(=O)O[C@H](COC(=O)CCCCCCCCCCCCCC)COP(=O)(O)OC[C@@H](O)COP(=O)(O)OC[C@@H](COC(=O)CCCCCCCCC(C)C)OC(=O)CCCCCCCCC(C)C. The highest BCUT2D eigenvalue weighted by Crippen LogP contribution is 2.45. The van der Waals surface area contributed by atoms with Crippen molar-refractivity contribution in [3.05, 3.63) is 0 Å². The fraction of sp³-hybridized carbons (Fsp3) is 0.942. The van der Waals surface area contributed by atoms with E-state index in [1.807, 2.05) is 0 Å². The van der Waals surface area contributed by atoms with Crippen molar-refractivity contribution in [3.8, 4) is 0 Å². The van der Waals surface area contributed by atoms with E-state index in [-0.39, 0.29) is 25.7 Å². The molecule has 2 unspecified atom stereocenters. The minimum absolute atomic E-state index is 0.101. The maximum atomic E-state index is 13.0. The van der Waals surface area contributed by atoms with Crippen LogP contribution in [0, 0.1) is 11.8 Å². The lowest BCUT2D eigenvalue weighted by atomic mass is 10.0. The molecule has 0 aromatic heterocycles. The van der Waals surface area contributed by atoms with E-state index in [0.717, 1.165) is 96.3 Å². The van der Waals surface area contributed by atoms with Crippen molar-refractivity contribution in [1.82, 2.24) is 0 Å². The standard InChI is InChI=1S/C69H134O17P2/c1-7-9-11-13-15-17-19-21-22-23-24-25-26-28-30-32-41-47-53-68(73)85-64(57-79-66(71)51-45-39-31-29-27-20-18-16-14-12-10-8-2)59-83-87(75,76)81-55-63(70)56-82-88(77,78)84-60-65(86-69(74)54-48-42-36-34-38-44-50-62(5)6)58-80-67(72)52-46-40-35-33-37-43-49-61(3)4/h61-65,70H,7-60H2,1-6H3,(H,75,76)(H,77,78)/t63-,64-,65-/m1/s1. The Morgan fingerprint density at radius 2 is 0.523 bits per heavy atom. The third kappa shape index (κ3) is 62.8. The number of esters is 4. The van der Waals surface area contributed by atoms with Gasteiger partial charge in [0.25, 0.3) is 0 Å². The van der Waals surface area contributed by atoms with Crippen LogP contribution in [0.15, 0.2) is 0 Å². The van der Waals surface area contributed by atoms with E-state index in [0.29, 0.717) is 37.5 Å². The van der Waals surface area contributed by atoms with Crippen LogP contribution in [0.1, 0.15) is 350 Å². The summed E-state index contributed by atoms with van der Waals surface area (Å²) in [5.74, 6) is -0.783. The number of carbonyl (C=O) groups is 4. The second kappa shape index (κ2) is 61.3. The highest BCUT2D eigenvalue weighted by atomic mass is 31.2. The molecule has 0 saturated carbocycles. The molecule has 0 fully saturated rings. The minimum atomic E-state index is -4.95. The Labute approximate surface area is 537 Å². The number of hydrogen-bond donors (Lipinski definition) is 3. The van der Waals surface area contributed by atoms with Gasteiger partial charge in [-0.05, 0) is 37.5 Å². The van der Waals surface area contributed by atoms with E-state index in [1.165, 1.54) is 161 Å². The maximum absolute atomic E-state index is 13.0. The lowest BCUT2D eigenvalue weighted by Crippen LogP contribution is -2.30.